The normalized spacial score (nSPS) is 36.0. The number of aliphatic hydroxyl groups excluding tert-OH is 1. The molecule has 0 aliphatic heterocycles. The summed E-state index contributed by atoms with van der Waals surface area (Å²) in [6.07, 6.45) is 9.55. The van der Waals surface area contributed by atoms with E-state index in [2.05, 4.69) is 45.6 Å². The average molecular weight is 293 g/mol. The quantitative estimate of drug-likeness (QED) is 0.712. The van der Waals surface area contributed by atoms with Gasteiger partial charge < -0.3 is 5.11 Å². The zero-order valence-electron chi connectivity index (χ0n) is 14.2. The lowest BCUT2D eigenvalue weighted by molar-refractivity contribution is 0.157. The van der Waals surface area contributed by atoms with Crippen LogP contribution in [0.2, 0.25) is 25.2 Å². The van der Waals surface area contributed by atoms with E-state index >= 15 is 0 Å². The zero-order chi connectivity index (χ0) is 15.1. The molecule has 0 fully saturated rings. The van der Waals surface area contributed by atoms with Crippen LogP contribution in [0.15, 0.2) is 23.3 Å². The van der Waals surface area contributed by atoms with Crippen molar-refractivity contribution in [3.05, 3.63) is 23.3 Å². The average Bonchev–Trinajstić information content (AvgIpc) is 2.28. The third-order valence-electron chi connectivity index (χ3n) is 5.60. The Bertz CT molecular complexity index is 427. The van der Waals surface area contributed by atoms with Gasteiger partial charge >= 0.3 is 0 Å². The molecular formula is C18H32OSi. The molecule has 0 bridgehead atoms. The highest BCUT2D eigenvalue weighted by Crippen LogP contribution is 2.58. The monoisotopic (exact) mass is 292 g/mol. The molecule has 20 heavy (non-hydrogen) atoms. The van der Waals surface area contributed by atoms with Crippen LogP contribution in [0, 0.1) is 11.3 Å². The first-order chi connectivity index (χ1) is 9.14. The van der Waals surface area contributed by atoms with E-state index in [-0.39, 0.29) is 6.10 Å². The van der Waals surface area contributed by atoms with Gasteiger partial charge in [0.1, 0.15) is 0 Å². The van der Waals surface area contributed by atoms with Gasteiger partial charge in [-0.2, -0.15) is 0 Å². The zero-order valence-corrected chi connectivity index (χ0v) is 15.2. The molecule has 0 radical (unpaired) electrons. The van der Waals surface area contributed by atoms with Crippen LogP contribution in [-0.2, 0) is 0 Å². The van der Waals surface area contributed by atoms with E-state index in [4.69, 9.17) is 0 Å². The summed E-state index contributed by atoms with van der Waals surface area (Å²) in [5.74, 6) is 0.571. The predicted octanol–water partition coefficient (Wildman–Crippen LogP) is 5.16. The van der Waals surface area contributed by atoms with E-state index in [1.807, 2.05) is 6.92 Å². The van der Waals surface area contributed by atoms with Gasteiger partial charge in [0.25, 0.3) is 0 Å². The summed E-state index contributed by atoms with van der Waals surface area (Å²) in [6.45, 7) is 14.3. The van der Waals surface area contributed by atoms with Crippen molar-refractivity contribution in [2.75, 3.05) is 0 Å². The second-order valence-corrected chi connectivity index (χ2v) is 13.9. The predicted molar refractivity (Wildman–Crippen MR) is 90.7 cm³/mol. The minimum Gasteiger partial charge on any atom is -0.393 e. The van der Waals surface area contributed by atoms with Crippen molar-refractivity contribution in [2.24, 2.45) is 11.3 Å². The fraction of sp³-hybridized carbons (Fsp3) is 0.778. The van der Waals surface area contributed by atoms with E-state index in [0.717, 1.165) is 12.0 Å². The number of hydrogen-bond acceptors (Lipinski definition) is 1. The Morgan fingerprint density at radius 1 is 1.40 bits per heavy atom. The van der Waals surface area contributed by atoms with Crippen LogP contribution in [0.3, 0.4) is 0 Å². The van der Waals surface area contributed by atoms with Crippen molar-refractivity contribution in [2.45, 2.75) is 77.7 Å². The molecule has 1 N–H and O–H groups in total. The molecule has 2 heteroatoms. The van der Waals surface area contributed by atoms with E-state index in [1.54, 1.807) is 5.57 Å². The smallest absolute Gasteiger partial charge is 0.0517 e. The second-order valence-electron chi connectivity index (χ2n) is 8.42. The van der Waals surface area contributed by atoms with Crippen LogP contribution < -0.4 is 0 Å². The first-order valence-corrected chi connectivity index (χ1v) is 11.8. The Kier molecular flexibility index (Phi) is 4.37. The van der Waals surface area contributed by atoms with Crippen LogP contribution >= 0.6 is 0 Å². The fourth-order valence-corrected chi connectivity index (χ4v) is 7.71. The van der Waals surface area contributed by atoms with Crippen molar-refractivity contribution in [1.29, 1.82) is 0 Å². The molecule has 0 aromatic heterocycles. The van der Waals surface area contributed by atoms with Gasteiger partial charge in [-0.25, -0.2) is 0 Å². The molecule has 0 amide bonds. The molecular weight excluding hydrogens is 260 g/mol. The molecule has 0 unspecified atom stereocenters. The summed E-state index contributed by atoms with van der Waals surface area (Å²) in [6, 6.07) is 0. The third kappa shape index (κ3) is 2.96. The lowest BCUT2D eigenvalue weighted by Gasteiger charge is -2.51. The topological polar surface area (TPSA) is 20.2 Å². The SMILES string of the molecule is CC1=CC[C@H]([Si](C)(C)C)[C@]2(C)CC[C@@H](C[C@@H](C)O)C=C12. The van der Waals surface area contributed by atoms with E-state index < -0.39 is 8.07 Å². The molecule has 2 aliphatic carbocycles. The highest BCUT2D eigenvalue weighted by Gasteiger charge is 2.47. The van der Waals surface area contributed by atoms with Gasteiger partial charge in [-0.15, -0.1) is 0 Å². The first kappa shape index (κ1) is 16.0. The lowest BCUT2D eigenvalue weighted by Crippen LogP contribution is -2.44. The van der Waals surface area contributed by atoms with Crippen LogP contribution in [0.25, 0.3) is 0 Å². The summed E-state index contributed by atoms with van der Waals surface area (Å²) < 4.78 is 0. The minimum absolute atomic E-state index is 0.179. The Morgan fingerprint density at radius 3 is 2.60 bits per heavy atom. The second kappa shape index (κ2) is 5.45. The Morgan fingerprint density at radius 2 is 2.05 bits per heavy atom. The summed E-state index contributed by atoms with van der Waals surface area (Å²) in [4.78, 5) is 0. The molecule has 2 rings (SSSR count). The molecule has 2 aliphatic rings. The van der Waals surface area contributed by atoms with Crippen molar-refractivity contribution >= 4 is 8.07 Å². The van der Waals surface area contributed by atoms with E-state index in [1.165, 1.54) is 24.8 Å². The molecule has 114 valence electrons. The summed E-state index contributed by atoms with van der Waals surface area (Å²) in [5, 5.41) is 9.67. The highest BCUT2D eigenvalue weighted by atomic mass is 28.3. The van der Waals surface area contributed by atoms with Gasteiger partial charge in [-0.05, 0) is 62.0 Å². The number of allylic oxidation sites excluding steroid dienone is 4. The van der Waals surface area contributed by atoms with Gasteiger partial charge in [0, 0.05) is 8.07 Å². The minimum atomic E-state index is -1.16. The van der Waals surface area contributed by atoms with Crippen LogP contribution in [-0.4, -0.2) is 19.3 Å². The van der Waals surface area contributed by atoms with Crippen LogP contribution in [0.4, 0.5) is 0 Å². The summed E-state index contributed by atoms with van der Waals surface area (Å²) >= 11 is 0. The molecule has 0 spiro atoms. The molecule has 0 aromatic rings. The Balaban J connectivity index is 2.36. The number of hydrogen-bond donors (Lipinski definition) is 1. The summed E-state index contributed by atoms with van der Waals surface area (Å²) in [5.41, 5.74) is 4.35. The van der Waals surface area contributed by atoms with Crippen LogP contribution in [0.5, 0.6) is 0 Å². The molecule has 4 atom stereocenters. The molecule has 0 saturated heterocycles. The molecule has 0 heterocycles. The molecule has 0 aromatic carbocycles. The third-order valence-corrected chi connectivity index (χ3v) is 8.56. The maximum Gasteiger partial charge on any atom is 0.0517 e. The van der Waals surface area contributed by atoms with Gasteiger partial charge in [0.05, 0.1) is 6.10 Å². The number of rotatable bonds is 3. The fourth-order valence-electron chi connectivity index (χ4n) is 4.67. The first-order valence-electron chi connectivity index (χ1n) is 8.22. The van der Waals surface area contributed by atoms with Crippen molar-refractivity contribution in [3.8, 4) is 0 Å². The van der Waals surface area contributed by atoms with Crippen molar-refractivity contribution < 1.29 is 5.11 Å². The lowest BCUT2D eigenvalue weighted by atomic mass is 9.63. The van der Waals surface area contributed by atoms with Gasteiger partial charge in [-0.1, -0.05) is 44.3 Å². The maximum absolute atomic E-state index is 9.67. The van der Waals surface area contributed by atoms with Gasteiger partial charge in [0.15, 0.2) is 0 Å². The van der Waals surface area contributed by atoms with E-state index in [0.29, 0.717) is 11.3 Å². The summed E-state index contributed by atoms with van der Waals surface area (Å²) in [7, 11) is -1.16. The number of fused-ring (bicyclic) bond motifs is 1. The molecule has 1 nitrogen and oxygen atoms in total. The largest absolute Gasteiger partial charge is 0.393 e. The van der Waals surface area contributed by atoms with Crippen molar-refractivity contribution in [1.82, 2.24) is 0 Å². The van der Waals surface area contributed by atoms with Gasteiger partial charge in [0.2, 0.25) is 0 Å². The molecule has 0 saturated carbocycles. The van der Waals surface area contributed by atoms with Crippen molar-refractivity contribution in [3.63, 3.8) is 0 Å². The van der Waals surface area contributed by atoms with Gasteiger partial charge in [-0.3, -0.25) is 0 Å². The Labute approximate surface area is 126 Å². The maximum atomic E-state index is 9.67. The van der Waals surface area contributed by atoms with Crippen LogP contribution in [0.1, 0.15) is 46.5 Å². The highest BCUT2D eigenvalue weighted by molar-refractivity contribution is 6.77. The number of aliphatic hydroxyl groups is 1. The van der Waals surface area contributed by atoms with E-state index in [9.17, 15) is 5.11 Å². The standard InChI is InChI=1S/C18H32OSi/c1-13-7-8-17(20(4,5)6)18(3)10-9-15(11-14(2)19)12-16(13)18/h7,12,14-15,17,19H,8-11H2,1-6H3/t14-,15+,17+,18-/m1/s1. The Hall–Kier alpha value is -0.343.